The van der Waals surface area contributed by atoms with E-state index in [1.807, 2.05) is 10.9 Å². The summed E-state index contributed by atoms with van der Waals surface area (Å²) in [5.41, 5.74) is 4.10. The van der Waals surface area contributed by atoms with Crippen molar-refractivity contribution in [1.82, 2.24) is 15.2 Å². The summed E-state index contributed by atoms with van der Waals surface area (Å²) in [4.78, 5) is 0. The lowest BCUT2D eigenvalue weighted by Crippen LogP contribution is -2.45. The van der Waals surface area contributed by atoms with Gasteiger partial charge in [0.25, 0.3) is 0 Å². The zero-order chi connectivity index (χ0) is 12.3. The van der Waals surface area contributed by atoms with Gasteiger partial charge < -0.3 is 0 Å². The molecule has 0 saturated heterocycles. The molecule has 0 amide bonds. The Hall–Kier alpha value is -0.870. The van der Waals surface area contributed by atoms with Crippen molar-refractivity contribution in [3.63, 3.8) is 0 Å². The maximum Gasteiger partial charge on any atom is 0.0640 e. The van der Waals surface area contributed by atoms with Crippen LogP contribution in [0.2, 0.25) is 0 Å². The van der Waals surface area contributed by atoms with E-state index in [2.05, 4.69) is 51.2 Å². The van der Waals surface area contributed by atoms with Crippen LogP contribution < -0.4 is 11.3 Å². The van der Waals surface area contributed by atoms with E-state index >= 15 is 0 Å². The molecule has 0 spiro atoms. The van der Waals surface area contributed by atoms with Crippen LogP contribution in [-0.2, 0) is 6.42 Å². The largest absolute Gasteiger partial charge is 0.271 e. The Labute approximate surface area is 98.2 Å². The predicted octanol–water partition coefficient (Wildman–Crippen LogP) is 1.88. The van der Waals surface area contributed by atoms with Crippen molar-refractivity contribution in [3.8, 4) is 0 Å². The van der Waals surface area contributed by atoms with Crippen LogP contribution in [0.5, 0.6) is 0 Å². The molecule has 1 rings (SSSR count). The molecule has 3 N–H and O–H groups in total. The number of aromatic nitrogens is 2. The van der Waals surface area contributed by atoms with Crippen LogP contribution in [-0.4, -0.2) is 15.8 Å². The van der Waals surface area contributed by atoms with Crippen LogP contribution in [0, 0.1) is 5.41 Å². The van der Waals surface area contributed by atoms with Crippen LogP contribution in [0.1, 0.15) is 46.4 Å². The van der Waals surface area contributed by atoms with Crippen molar-refractivity contribution >= 4 is 0 Å². The van der Waals surface area contributed by atoms with Gasteiger partial charge in [-0.25, -0.2) is 0 Å². The summed E-state index contributed by atoms with van der Waals surface area (Å²) < 4.78 is 1.98. The average Bonchev–Trinajstić information content (AvgIpc) is 2.60. The van der Waals surface area contributed by atoms with Crippen molar-refractivity contribution in [2.75, 3.05) is 0 Å². The van der Waals surface area contributed by atoms with Gasteiger partial charge in [-0.2, -0.15) is 5.10 Å². The molecule has 92 valence electrons. The first-order valence-corrected chi connectivity index (χ1v) is 5.84. The second-order valence-electron chi connectivity index (χ2n) is 5.67. The van der Waals surface area contributed by atoms with E-state index in [1.165, 1.54) is 0 Å². The molecule has 1 heterocycles. The summed E-state index contributed by atoms with van der Waals surface area (Å²) in [6, 6.07) is 2.71. The number of nitrogens with zero attached hydrogens (tertiary/aromatic N) is 2. The van der Waals surface area contributed by atoms with Crippen LogP contribution in [0.25, 0.3) is 0 Å². The maximum absolute atomic E-state index is 5.59. The molecule has 4 heteroatoms. The fourth-order valence-electron chi connectivity index (χ4n) is 1.60. The molecule has 0 radical (unpaired) electrons. The van der Waals surface area contributed by atoms with Gasteiger partial charge in [0, 0.05) is 24.7 Å². The Balaban J connectivity index is 2.71. The van der Waals surface area contributed by atoms with E-state index in [0.717, 1.165) is 12.1 Å². The third-order valence-electron chi connectivity index (χ3n) is 2.85. The van der Waals surface area contributed by atoms with Crippen LogP contribution >= 0.6 is 0 Å². The number of hydrogen-bond acceptors (Lipinski definition) is 3. The Morgan fingerprint density at radius 1 is 1.44 bits per heavy atom. The minimum Gasteiger partial charge on any atom is -0.271 e. The second-order valence-corrected chi connectivity index (χ2v) is 5.67. The van der Waals surface area contributed by atoms with Gasteiger partial charge in [-0.1, -0.05) is 20.8 Å². The summed E-state index contributed by atoms with van der Waals surface area (Å²) in [6.45, 7) is 10.8. The van der Waals surface area contributed by atoms with Crippen molar-refractivity contribution in [3.05, 3.63) is 18.0 Å². The Morgan fingerprint density at radius 2 is 2.06 bits per heavy atom. The average molecular weight is 224 g/mol. The first-order chi connectivity index (χ1) is 7.34. The lowest BCUT2D eigenvalue weighted by Gasteiger charge is -2.29. The van der Waals surface area contributed by atoms with Gasteiger partial charge in [0.1, 0.15) is 0 Å². The summed E-state index contributed by atoms with van der Waals surface area (Å²) in [5.74, 6) is 5.59. The normalized spacial score (nSPS) is 14.4. The van der Waals surface area contributed by atoms with E-state index in [4.69, 9.17) is 5.84 Å². The van der Waals surface area contributed by atoms with Crippen molar-refractivity contribution in [1.29, 1.82) is 0 Å². The van der Waals surface area contributed by atoms with Gasteiger partial charge in [-0.15, -0.1) is 0 Å². The van der Waals surface area contributed by atoms with E-state index in [0.29, 0.717) is 6.04 Å². The first kappa shape index (κ1) is 13.2. The molecule has 0 saturated carbocycles. The molecule has 0 fully saturated rings. The lowest BCUT2D eigenvalue weighted by atomic mass is 9.84. The van der Waals surface area contributed by atoms with E-state index < -0.39 is 0 Å². The number of nitrogens with two attached hydrogens (primary N) is 1. The van der Waals surface area contributed by atoms with E-state index in [9.17, 15) is 0 Å². The zero-order valence-electron chi connectivity index (χ0n) is 11.0. The van der Waals surface area contributed by atoms with Gasteiger partial charge in [0.2, 0.25) is 0 Å². The topological polar surface area (TPSA) is 55.9 Å². The van der Waals surface area contributed by atoms with Gasteiger partial charge in [0.15, 0.2) is 0 Å². The third-order valence-corrected chi connectivity index (χ3v) is 2.85. The van der Waals surface area contributed by atoms with Crippen molar-refractivity contribution in [2.45, 2.75) is 53.1 Å². The molecule has 0 aliphatic rings. The zero-order valence-corrected chi connectivity index (χ0v) is 11.0. The minimum absolute atomic E-state index is 0.135. The standard InChI is InChI=1S/C12H24N4/c1-9(2)16-7-6-10(15-16)8-11(14-13)12(3,4)5/h6-7,9,11,14H,8,13H2,1-5H3. The third kappa shape index (κ3) is 3.32. The molecule has 0 aromatic carbocycles. The molecular formula is C12H24N4. The summed E-state index contributed by atoms with van der Waals surface area (Å²) in [6.07, 6.45) is 2.88. The molecule has 1 atom stereocenters. The minimum atomic E-state index is 0.135. The lowest BCUT2D eigenvalue weighted by molar-refractivity contribution is 0.266. The van der Waals surface area contributed by atoms with Crippen LogP contribution in [0.4, 0.5) is 0 Å². The highest BCUT2D eigenvalue weighted by Gasteiger charge is 2.24. The van der Waals surface area contributed by atoms with Gasteiger partial charge >= 0.3 is 0 Å². The molecule has 1 unspecified atom stereocenters. The number of hydrogen-bond donors (Lipinski definition) is 2. The highest BCUT2D eigenvalue weighted by molar-refractivity contribution is 5.03. The van der Waals surface area contributed by atoms with E-state index in [1.54, 1.807) is 0 Å². The molecule has 0 aliphatic heterocycles. The Kier molecular flexibility index (Phi) is 4.10. The van der Waals surface area contributed by atoms with E-state index in [-0.39, 0.29) is 11.5 Å². The Bertz CT molecular complexity index is 322. The molecule has 4 nitrogen and oxygen atoms in total. The van der Waals surface area contributed by atoms with Crippen LogP contribution in [0.3, 0.4) is 0 Å². The van der Waals surface area contributed by atoms with Crippen LogP contribution in [0.15, 0.2) is 12.3 Å². The maximum atomic E-state index is 5.59. The molecule has 16 heavy (non-hydrogen) atoms. The van der Waals surface area contributed by atoms with Gasteiger partial charge in [-0.3, -0.25) is 16.0 Å². The predicted molar refractivity (Wildman–Crippen MR) is 66.9 cm³/mol. The molecule has 1 aromatic rings. The van der Waals surface area contributed by atoms with Crippen molar-refractivity contribution < 1.29 is 0 Å². The number of hydrazine groups is 1. The summed E-state index contributed by atoms with van der Waals surface area (Å²) in [7, 11) is 0. The molecule has 1 aromatic heterocycles. The monoisotopic (exact) mass is 224 g/mol. The highest BCUT2D eigenvalue weighted by atomic mass is 15.3. The van der Waals surface area contributed by atoms with Gasteiger partial charge in [0.05, 0.1) is 5.69 Å². The fraction of sp³-hybridized carbons (Fsp3) is 0.750. The summed E-state index contributed by atoms with van der Waals surface area (Å²) >= 11 is 0. The second kappa shape index (κ2) is 4.97. The number of nitrogens with one attached hydrogen (secondary N) is 1. The molecule has 0 aliphatic carbocycles. The fourth-order valence-corrected chi connectivity index (χ4v) is 1.60. The first-order valence-electron chi connectivity index (χ1n) is 5.84. The summed E-state index contributed by atoms with van der Waals surface area (Å²) in [5, 5.41) is 4.53. The quantitative estimate of drug-likeness (QED) is 0.606. The smallest absolute Gasteiger partial charge is 0.0640 e. The molecule has 0 bridgehead atoms. The SMILES string of the molecule is CC(C)n1ccc(CC(NN)C(C)(C)C)n1. The van der Waals surface area contributed by atoms with Gasteiger partial charge in [-0.05, 0) is 25.3 Å². The number of rotatable bonds is 4. The Morgan fingerprint density at radius 3 is 2.44 bits per heavy atom. The highest BCUT2D eigenvalue weighted by Crippen LogP contribution is 2.21. The van der Waals surface area contributed by atoms with Crippen molar-refractivity contribution in [2.24, 2.45) is 11.3 Å². The molecular weight excluding hydrogens is 200 g/mol.